The van der Waals surface area contributed by atoms with Crippen molar-refractivity contribution in [2.45, 2.75) is 38.0 Å². The molecule has 0 aliphatic carbocycles. The van der Waals surface area contributed by atoms with Crippen LogP contribution in [0.3, 0.4) is 0 Å². The van der Waals surface area contributed by atoms with Crippen LogP contribution in [0.5, 0.6) is 11.8 Å². The number of aldehydes is 1. The Kier molecular flexibility index (Phi) is 8.78. The van der Waals surface area contributed by atoms with Gasteiger partial charge in [-0.15, -0.1) is 0 Å². The van der Waals surface area contributed by atoms with Crippen molar-refractivity contribution in [3.05, 3.63) is 59.8 Å². The molecule has 0 saturated carbocycles. The third-order valence-corrected chi connectivity index (χ3v) is 9.14. The smallest absolute Gasteiger partial charge is 0.318 e. The van der Waals surface area contributed by atoms with Gasteiger partial charge in [0.15, 0.2) is 0 Å². The summed E-state index contributed by atoms with van der Waals surface area (Å²) in [6.45, 7) is 6.47. The second-order valence-corrected chi connectivity index (χ2v) is 12.1. The number of likely N-dealkylation sites (tertiary alicyclic amines) is 1. The molecule has 2 fully saturated rings. The third kappa shape index (κ3) is 6.32. The molecular formula is C33H43N7O3. The van der Waals surface area contributed by atoms with Gasteiger partial charge < -0.3 is 24.5 Å². The van der Waals surface area contributed by atoms with Crippen LogP contribution in [0.25, 0.3) is 10.8 Å². The van der Waals surface area contributed by atoms with Gasteiger partial charge in [0.05, 0.1) is 18.4 Å². The van der Waals surface area contributed by atoms with Gasteiger partial charge in [-0.1, -0.05) is 24.3 Å². The van der Waals surface area contributed by atoms with Crippen LogP contribution >= 0.6 is 0 Å². The summed E-state index contributed by atoms with van der Waals surface area (Å²) in [6, 6.07) is 12.7. The number of aromatic nitrogens is 2. The van der Waals surface area contributed by atoms with Crippen LogP contribution in [0, 0.1) is 0 Å². The molecule has 0 radical (unpaired) electrons. The summed E-state index contributed by atoms with van der Waals surface area (Å²) in [5.74, 6) is 1.24. The zero-order valence-corrected chi connectivity index (χ0v) is 25.5. The highest BCUT2D eigenvalue weighted by molar-refractivity contribution is 5.95. The average molecular weight is 586 g/mol. The number of anilines is 2. The van der Waals surface area contributed by atoms with E-state index in [9.17, 15) is 9.90 Å². The van der Waals surface area contributed by atoms with Gasteiger partial charge in [0, 0.05) is 61.5 Å². The maximum atomic E-state index is 11.0. The second-order valence-electron chi connectivity index (χ2n) is 12.1. The number of piperazine rings is 1. The topological polar surface area (TPSA) is 88.5 Å². The lowest BCUT2D eigenvalue weighted by molar-refractivity contribution is -0.104. The van der Waals surface area contributed by atoms with Crippen LogP contribution in [0.4, 0.5) is 11.5 Å². The molecule has 10 heteroatoms. The second kappa shape index (κ2) is 12.9. The van der Waals surface area contributed by atoms with Crippen LogP contribution in [-0.2, 0) is 17.8 Å². The quantitative estimate of drug-likeness (QED) is 0.299. The van der Waals surface area contributed by atoms with Gasteiger partial charge in [-0.25, -0.2) is 0 Å². The van der Waals surface area contributed by atoms with Gasteiger partial charge in [-0.05, 0) is 70.6 Å². The Bertz CT molecular complexity index is 1470. The summed E-state index contributed by atoms with van der Waals surface area (Å²) in [6.07, 6.45) is 7.58. The van der Waals surface area contributed by atoms with E-state index in [1.54, 1.807) is 6.08 Å². The number of aromatic hydroxyl groups is 1. The molecule has 3 aliphatic heterocycles. The Morgan fingerprint density at radius 3 is 2.63 bits per heavy atom. The van der Waals surface area contributed by atoms with Crippen molar-refractivity contribution in [2.24, 2.45) is 0 Å². The maximum Gasteiger partial charge on any atom is 0.318 e. The molecule has 0 bridgehead atoms. The predicted molar refractivity (Wildman–Crippen MR) is 170 cm³/mol. The number of ether oxygens (including phenoxy) is 1. The van der Waals surface area contributed by atoms with Gasteiger partial charge in [-0.3, -0.25) is 14.6 Å². The largest absolute Gasteiger partial charge is 0.508 e. The first-order valence-electron chi connectivity index (χ1n) is 15.4. The number of benzene rings is 2. The van der Waals surface area contributed by atoms with E-state index in [2.05, 4.69) is 37.6 Å². The number of phenols is 1. The minimum absolute atomic E-state index is 0.0691. The first kappa shape index (κ1) is 29.3. The highest BCUT2D eigenvalue weighted by Crippen LogP contribution is 2.36. The molecule has 1 aromatic heterocycles. The summed E-state index contributed by atoms with van der Waals surface area (Å²) in [5.41, 5.74) is 3.19. The van der Waals surface area contributed by atoms with Crippen LogP contribution in [0.1, 0.15) is 24.1 Å². The molecule has 3 aromatic rings. The molecule has 1 N–H and O–H groups in total. The van der Waals surface area contributed by atoms with Gasteiger partial charge >= 0.3 is 6.01 Å². The Hall–Kier alpha value is -3.73. The van der Waals surface area contributed by atoms with E-state index in [1.807, 2.05) is 50.5 Å². The van der Waals surface area contributed by atoms with Crippen LogP contribution < -0.4 is 14.5 Å². The molecule has 4 heterocycles. The molecule has 43 heavy (non-hydrogen) atoms. The van der Waals surface area contributed by atoms with E-state index in [0.29, 0.717) is 25.2 Å². The normalized spacial score (nSPS) is 20.7. The number of carbonyl (C=O) groups excluding carboxylic acids is 1. The van der Waals surface area contributed by atoms with Crippen LogP contribution in [-0.4, -0.2) is 115 Å². The number of hydrogen-bond acceptors (Lipinski definition) is 10. The van der Waals surface area contributed by atoms with Crippen molar-refractivity contribution in [3.63, 3.8) is 0 Å². The molecule has 10 nitrogen and oxygen atoms in total. The lowest BCUT2D eigenvalue weighted by Gasteiger charge is -2.42. The number of hydrogen-bond donors (Lipinski definition) is 1. The first-order chi connectivity index (χ1) is 20.9. The summed E-state index contributed by atoms with van der Waals surface area (Å²) >= 11 is 0. The third-order valence-electron chi connectivity index (χ3n) is 9.14. The zero-order valence-electron chi connectivity index (χ0n) is 25.5. The number of fused-ring (bicyclic) bond motifs is 2. The summed E-state index contributed by atoms with van der Waals surface area (Å²) in [4.78, 5) is 32.6. The molecular weight excluding hydrogens is 542 g/mol. The Labute approximate surface area is 254 Å². The standard InChI is InChI=1S/C33H43N7O3/c1-36(2)31(11-7-19-41)38-15-17-39(18-16-38)32-28-12-14-40(30-21-26(42)20-24-8-4-5-10-27(24)30)22-29(28)34-33(35-32)43-23-25-9-6-13-37(25)3/h4-5,7-8,10-11,19-21,25,31,42H,6,9,12-18,22-23H2,1-3H3/b11-7+/t25?,31-/m0/s1. The fraction of sp³-hybridized carbons (Fsp3) is 0.485. The Morgan fingerprint density at radius 2 is 1.88 bits per heavy atom. The van der Waals surface area contributed by atoms with Crippen LogP contribution in [0.2, 0.25) is 0 Å². The molecule has 0 amide bonds. The van der Waals surface area contributed by atoms with Gasteiger partial charge in [-0.2, -0.15) is 9.97 Å². The molecule has 2 aromatic carbocycles. The highest BCUT2D eigenvalue weighted by Gasteiger charge is 2.30. The SMILES string of the molecule is CN1CCCC1COc1nc2c(c(N3CCN([C@@H](/C=C/C=O)N(C)C)CC3)n1)CCN(c1cc(O)cc3ccccc13)C2. The zero-order chi connectivity index (χ0) is 29.9. The minimum Gasteiger partial charge on any atom is -0.508 e. The fourth-order valence-corrected chi connectivity index (χ4v) is 6.78. The molecule has 228 valence electrons. The lowest BCUT2D eigenvalue weighted by atomic mass is 10.0. The monoisotopic (exact) mass is 585 g/mol. The number of rotatable bonds is 9. The van der Waals surface area contributed by atoms with Crippen LogP contribution in [0.15, 0.2) is 48.6 Å². The van der Waals surface area contributed by atoms with E-state index < -0.39 is 0 Å². The number of allylic oxidation sites excluding steroid dienone is 1. The van der Waals surface area contributed by atoms with E-state index in [0.717, 1.165) is 86.4 Å². The van der Waals surface area contributed by atoms with Crippen molar-refractivity contribution in [3.8, 4) is 11.8 Å². The van der Waals surface area contributed by atoms with E-state index in [-0.39, 0.29) is 11.9 Å². The highest BCUT2D eigenvalue weighted by atomic mass is 16.5. The van der Waals surface area contributed by atoms with E-state index in [4.69, 9.17) is 14.7 Å². The molecule has 2 atom stereocenters. The van der Waals surface area contributed by atoms with Gasteiger partial charge in [0.25, 0.3) is 0 Å². The predicted octanol–water partition coefficient (Wildman–Crippen LogP) is 3.14. The average Bonchev–Trinajstić information content (AvgIpc) is 3.43. The van der Waals surface area contributed by atoms with Gasteiger partial charge in [0.1, 0.15) is 24.5 Å². The van der Waals surface area contributed by atoms with Crippen molar-refractivity contribution in [2.75, 3.05) is 76.8 Å². The first-order valence-corrected chi connectivity index (χ1v) is 15.4. The lowest BCUT2D eigenvalue weighted by Crippen LogP contribution is -2.54. The van der Waals surface area contributed by atoms with Crippen molar-refractivity contribution >= 4 is 28.6 Å². The number of carbonyl (C=O) groups is 1. The number of likely N-dealkylation sites (N-methyl/N-ethyl adjacent to an activating group) is 2. The summed E-state index contributed by atoms with van der Waals surface area (Å²) in [7, 11) is 6.24. The van der Waals surface area contributed by atoms with Crippen molar-refractivity contribution in [1.82, 2.24) is 24.7 Å². The summed E-state index contributed by atoms with van der Waals surface area (Å²) < 4.78 is 6.31. The molecule has 3 aliphatic rings. The van der Waals surface area contributed by atoms with Gasteiger partial charge in [0.2, 0.25) is 0 Å². The number of phenolic OH excluding ortho intramolecular Hbond substituents is 1. The minimum atomic E-state index is 0.0691. The molecule has 0 spiro atoms. The van der Waals surface area contributed by atoms with Crippen molar-refractivity contribution < 1.29 is 14.6 Å². The van der Waals surface area contributed by atoms with E-state index >= 15 is 0 Å². The Morgan fingerprint density at radius 1 is 1.07 bits per heavy atom. The number of nitrogens with zero attached hydrogens (tertiary/aromatic N) is 7. The van der Waals surface area contributed by atoms with E-state index in [1.165, 1.54) is 12.0 Å². The summed E-state index contributed by atoms with van der Waals surface area (Å²) in [5, 5.41) is 12.7. The molecule has 6 rings (SSSR count). The molecule has 2 saturated heterocycles. The van der Waals surface area contributed by atoms with Crippen molar-refractivity contribution in [1.29, 1.82) is 0 Å². The fourth-order valence-electron chi connectivity index (χ4n) is 6.78. The maximum absolute atomic E-state index is 11.0. The molecule has 1 unspecified atom stereocenters. The Balaban J connectivity index is 1.28.